The smallest absolute Gasteiger partial charge is 0.160 e. The molecule has 0 spiro atoms. The third-order valence-electron chi connectivity index (χ3n) is 4.94. The molecular formula is C23H23NO3S. The van der Waals surface area contributed by atoms with Crippen molar-refractivity contribution in [3.05, 3.63) is 60.2 Å². The maximum absolute atomic E-state index is 9.87. The highest BCUT2D eigenvalue weighted by atomic mass is 32.1. The lowest BCUT2D eigenvalue weighted by Gasteiger charge is -2.35. The maximum atomic E-state index is 9.87. The molecule has 0 bridgehead atoms. The minimum Gasteiger partial charge on any atom is -0.389 e. The van der Waals surface area contributed by atoms with Gasteiger partial charge in [0.1, 0.15) is 6.61 Å². The molecule has 1 aromatic heterocycles. The Kier molecular flexibility index (Phi) is 5.77. The number of hydrogen-bond acceptors (Lipinski definition) is 5. The molecule has 3 aromatic rings. The molecule has 4 atom stereocenters. The zero-order valence-electron chi connectivity index (χ0n) is 15.7. The fraction of sp³-hybridized carbons (Fsp3) is 0.304. The molecule has 0 amide bonds. The van der Waals surface area contributed by atoms with Crippen LogP contribution in [0.3, 0.4) is 0 Å². The third kappa shape index (κ3) is 3.97. The van der Waals surface area contributed by atoms with E-state index in [0.29, 0.717) is 6.42 Å². The van der Waals surface area contributed by atoms with Gasteiger partial charge in [0, 0.05) is 22.5 Å². The molecule has 28 heavy (non-hydrogen) atoms. The molecule has 4 rings (SSSR count). The molecule has 2 aromatic carbocycles. The summed E-state index contributed by atoms with van der Waals surface area (Å²) in [6.07, 6.45) is -0.969. The predicted octanol–water partition coefficient (Wildman–Crippen LogP) is 3.76. The lowest BCUT2D eigenvalue weighted by Crippen LogP contribution is -2.51. The molecular weight excluding hydrogens is 370 g/mol. The number of benzene rings is 2. The monoisotopic (exact) mass is 393 g/mol. The lowest BCUT2D eigenvalue weighted by atomic mass is 10.0. The first-order chi connectivity index (χ1) is 13.6. The first-order valence-electron chi connectivity index (χ1n) is 9.40. The van der Waals surface area contributed by atoms with Gasteiger partial charge in [0.2, 0.25) is 0 Å². The van der Waals surface area contributed by atoms with E-state index in [-0.39, 0.29) is 18.8 Å². The van der Waals surface area contributed by atoms with Gasteiger partial charge in [-0.3, -0.25) is 0 Å². The summed E-state index contributed by atoms with van der Waals surface area (Å²) in [6.45, 7) is 2.05. The van der Waals surface area contributed by atoms with Crippen LogP contribution in [0.5, 0.6) is 0 Å². The Morgan fingerprint density at radius 2 is 1.93 bits per heavy atom. The van der Waals surface area contributed by atoms with Crippen LogP contribution in [0.2, 0.25) is 0 Å². The molecule has 1 fully saturated rings. The van der Waals surface area contributed by atoms with Gasteiger partial charge < -0.3 is 20.3 Å². The Morgan fingerprint density at radius 1 is 1.18 bits per heavy atom. The average molecular weight is 394 g/mol. The second-order valence-corrected chi connectivity index (χ2v) is 7.99. The van der Waals surface area contributed by atoms with Gasteiger partial charge in [-0.25, -0.2) is 0 Å². The molecule has 144 valence electrons. The van der Waals surface area contributed by atoms with Crippen molar-refractivity contribution in [2.75, 3.05) is 6.61 Å². The molecule has 1 saturated heterocycles. The highest BCUT2D eigenvalue weighted by Crippen LogP contribution is 2.37. The molecule has 1 aliphatic rings. The Hall–Kier alpha value is -2.20. The fourth-order valence-corrected chi connectivity index (χ4v) is 4.58. The van der Waals surface area contributed by atoms with Crippen molar-refractivity contribution in [3.8, 4) is 22.3 Å². The number of aliphatic hydroxyl groups is 1. The number of ether oxygens (including phenoxy) is 2. The largest absolute Gasteiger partial charge is 0.389 e. The maximum Gasteiger partial charge on any atom is 0.160 e. The number of rotatable bonds is 3. The van der Waals surface area contributed by atoms with Gasteiger partial charge in [-0.15, -0.1) is 11.3 Å². The minimum atomic E-state index is -0.656. The SMILES string of the molecule is C[C@@H]1O[C@@H](OCC#Cc2c(-c3ccccc3)sc3ccccc23)C[C@H](N)[C@@H]1O. The summed E-state index contributed by atoms with van der Waals surface area (Å²) in [5.41, 5.74) is 8.14. The summed E-state index contributed by atoms with van der Waals surface area (Å²) in [4.78, 5) is 1.17. The normalized spacial score (nSPS) is 24.7. The minimum absolute atomic E-state index is 0.249. The number of hydrogen-bond donors (Lipinski definition) is 2. The number of nitrogens with two attached hydrogens (primary N) is 1. The van der Waals surface area contributed by atoms with Crippen LogP contribution in [0.15, 0.2) is 54.6 Å². The van der Waals surface area contributed by atoms with Gasteiger partial charge in [0.05, 0.1) is 22.6 Å². The Bertz CT molecular complexity index is 993. The first kappa shape index (κ1) is 19.1. The number of aliphatic hydroxyl groups excluding tert-OH is 1. The highest BCUT2D eigenvalue weighted by Gasteiger charge is 2.33. The van der Waals surface area contributed by atoms with E-state index in [4.69, 9.17) is 15.2 Å². The molecule has 5 heteroatoms. The Balaban J connectivity index is 1.54. The van der Waals surface area contributed by atoms with Gasteiger partial charge in [-0.2, -0.15) is 0 Å². The van der Waals surface area contributed by atoms with E-state index in [1.807, 2.05) is 30.3 Å². The molecule has 2 heterocycles. The standard InChI is InChI=1S/C23H23NO3S/c1-15-22(25)19(24)14-21(27-15)26-13-7-11-18-17-10-5-6-12-20(17)28-23(18)16-8-3-2-4-9-16/h2-6,8-10,12,15,19,21-22,25H,13-14,24H2,1H3/t15-,19-,21+,22+/m0/s1. The zero-order valence-corrected chi connectivity index (χ0v) is 16.5. The van der Waals surface area contributed by atoms with Crippen molar-refractivity contribution in [2.24, 2.45) is 5.73 Å². The quantitative estimate of drug-likeness (QED) is 0.665. The summed E-state index contributed by atoms with van der Waals surface area (Å²) in [7, 11) is 0. The van der Waals surface area contributed by atoms with E-state index < -0.39 is 12.4 Å². The molecule has 0 aliphatic carbocycles. The van der Waals surface area contributed by atoms with Crippen molar-refractivity contribution >= 4 is 21.4 Å². The van der Waals surface area contributed by atoms with Crippen molar-refractivity contribution in [1.29, 1.82) is 0 Å². The zero-order chi connectivity index (χ0) is 19.5. The van der Waals surface area contributed by atoms with Crippen LogP contribution in [0.25, 0.3) is 20.5 Å². The summed E-state index contributed by atoms with van der Waals surface area (Å²) >= 11 is 1.75. The van der Waals surface area contributed by atoms with Crippen molar-refractivity contribution in [3.63, 3.8) is 0 Å². The van der Waals surface area contributed by atoms with Crippen molar-refractivity contribution < 1.29 is 14.6 Å². The summed E-state index contributed by atoms with van der Waals surface area (Å²) in [6, 6.07) is 18.3. The summed E-state index contributed by atoms with van der Waals surface area (Å²) in [5, 5.41) is 11.0. The van der Waals surface area contributed by atoms with Crippen molar-refractivity contribution in [1.82, 2.24) is 0 Å². The summed E-state index contributed by atoms with van der Waals surface area (Å²) < 4.78 is 12.6. The van der Waals surface area contributed by atoms with Crippen LogP contribution < -0.4 is 5.73 Å². The second-order valence-electron chi connectivity index (χ2n) is 6.94. The van der Waals surface area contributed by atoms with Gasteiger partial charge in [-0.05, 0) is 18.6 Å². The lowest BCUT2D eigenvalue weighted by molar-refractivity contribution is -0.217. The molecule has 0 saturated carbocycles. The van der Waals surface area contributed by atoms with Gasteiger partial charge in [-0.1, -0.05) is 60.4 Å². The van der Waals surface area contributed by atoms with E-state index in [9.17, 15) is 5.11 Å². The molecule has 0 unspecified atom stereocenters. The molecule has 0 radical (unpaired) electrons. The second kappa shape index (κ2) is 8.44. The Labute approximate surface area is 168 Å². The van der Waals surface area contributed by atoms with E-state index in [0.717, 1.165) is 10.9 Å². The predicted molar refractivity (Wildman–Crippen MR) is 113 cm³/mol. The number of thiophene rings is 1. The van der Waals surface area contributed by atoms with Crippen LogP contribution in [-0.4, -0.2) is 36.3 Å². The molecule has 1 aliphatic heterocycles. The summed E-state index contributed by atoms with van der Waals surface area (Å²) in [5.74, 6) is 6.43. The average Bonchev–Trinajstić information content (AvgIpc) is 3.08. The van der Waals surface area contributed by atoms with Gasteiger partial charge in [0.25, 0.3) is 0 Å². The third-order valence-corrected chi connectivity index (χ3v) is 6.16. The van der Waals surface area contributed by atoms with E-state index in [1.54, 1.807) is 18.3 Å². The van der Waals surface area contributed by atoms with E-state index in [1.165, 1.54) is 15.1 Å². The Morgan fingerprint density at radius 3 is 2.71 bits per heavy atom. The molecule has 3 N–H and O–H groups in total. The number of fused-ring (bicyclic) bond motifs is 1. The topological polar surface area (TPSA) is 64.7 Å². The fourth-order valence-electron chi connectivity index (χ4n) is 3.41. The van der Waals surface area contributed by atoms with Crippen LogP contribution in [0.4, 0.5) is 0 Å². The van der Waals surface area contributed by atoms with Crippen LogP contribution in [-0.2, 0) is 9.47 Å². The van der Waals surface area contributed by atoms with Gasteiger partial charge in [0.15, 0.2) is 6.29 Å². The van der Waals surface area contributed by atoms with Crippen LogP contribution in [0.1, 0.15) is 18.9 Å². The first-order valence-corrected chi connectivity index (χ1v) is 10.2. The van der Waals surface area contributed by atoms with Gasteiger partial charge >= 0.3 is 0 Å². The molecule has 4 nitrogen and oxygen atoms in total. The van der Waals surface area contributed by atoms with Crippen molar-refractivity contribution in [2.45, 2.75) is 37.9 Å². The van der Waals surface area contributed by atoms with Crippen LogP contribution in [0, 0.1) is 11.8 Å². The van der Waals surface area contributed by atoms with Crippen LogP contribution >= 0.6 is 11.3 Å². The van der Waals surface area contributed by atoms with E-state index in [2.05, 4.69) is 36.1 Å². The highest BCUT2D eigenvalue weighted by molar-refractivity contribution is 7.22. The van der Waals surface area contributed by atoms with E-state index >= 15 is 0 Å².